The predicted molar refractivity (Wildman–Crippen MR) is 102 cm³/mol. The Hall–Kier alpha value is -2.59. The van der Waals surface area contributed by atoms with Crippen LogP contribution in [-0.4, -0.2) is 36.1 Å². The van der Waals surface area contributed by atoms with Gasteiger partial charge in [0.25, 0.3) is 5.91 Å². The van der Waals surface area contributed by atoms with Gasteiger partial charge in [0.05, 0.1) is 11.2 Å². The Kier molecular flexibility index (Phi) is 4.58. The van der Waals surface area contributed by atoms with E-state index >= 15 is 0 Å². The third-order valence-electron chi connectivity index (χ3n) is 5.20. The second-order valence-electron chi connectivity index (χ2n) is 7.64. The molecule has 0 saturated carbocycles. The van der Waals surface area contributed by atoms with Crippen LogP contribution in [0.5, 0.6) is 0 Å². The van der Waals surface area contributed by atoms with E-state index in [1.807, 2.05) is 0 Å². The zero-order valence-electron chi connectivity index (χ0n) is 15.9. The fourth-order valence-corrected chi connectivity index (χ4v) is 3.57. The van der Waals surface area contributed by atoms with Gasteiger partial charge in [-0.15, -0.1) is 0 Å². The average Bonchev–Trinajstić information content (AvgIpc) is 2.81. The second-order valence-corrected chi connectivity index (χ2v) is 7.64. The van der Waals surface area contributed by atoms with E-state index in [1.165, 1.54) is 12.1 Å². The van der Waals surface area contributed by atoms with E-state index < -0.39 is 36.1 Å². The highest BCUT2D eigenvalue weighted by atomic mass is 19.4. The number of aromatic nitrogens is 1. The van der Waals surface area contributed by atoms with Gasteiger partial charge in [0, 0.05) is 18.8 Å². The lowest BCUT2D eigenvalue weighted by Gasteiger charge is -2.32. The SMILES string of the molecule is CC1(C)OB(O)c2cc(NC(=O)c3ccc(N4CCC4)nc3C(F)(F)F)ccc21. The van der Waals surface area contributed by atoms with Crippen molar-refractivity contribution in [3.8, 4) is 0 Å². The lowest BCUT2D eigenvalue weighted by atomic mass is 9.78. The van der Waals surface area contributed by atoms with Crippen molar-refractivity contribution in [2.45, 2.75) is 32.0 Å². The molecule has 0 aliphatic carbocycles. The fourth-order valence-electron chi connectivity index (χ4n) is 3.57. The summed E-state index contributed by atoms with van der Waals surface area (Å²) in [6, 6.07) is 7.31. The highest BCUT2D eigenvalue weighted by Gasteiger charge is 2.41. The predicted octanol–water partition coefficient (Wildman–Crippen LogP) is 2.52. The maximum absolute atomic E-state index is 13.5. The first kappa shape index (κ1) is 19.7. The number of hydrogen-bond donors (Lipinski definition) is 2. The van der Waals surface area contributed by atoms with Gasteiger partial charge >= 0.3 is 13.3 Å². The third-order valence-corrected chi connectivity index (χ3v) is 5.20. The van der Waals surface area contributed by atoms with E-state index in [0.29, 0.717) is 18.6 Å². The standard InChI is InChI=1S/C19H19BF3N3O3/c1-18(2)13-6-4-11(10-14(13)20(28)29-18)24-17(27)12-5-7-15(26-8-3-9-26)25-16(12)19(21,22)23/h4-7,10,28H,3,8-9H2,1-2H3,(H,24,27). The number of nitrogens with one attached hydrogen (secondary N) is 1. The molecule has 0 bridgehead atoms. The molecular weight excluding hydrogens is 386 g/mol. The van der Waals surface area contributed by atoms with Crippen molar-refractivity contribution in [3.05, 3.63) is 47.2 Å². The minimum atomic E-state index is -4.76. The summed E-state index contributed by atoms with van der Waals surface area (Å²) < 4.78 is 46.0. The van der Waals surface area contributed by atoms with Gasteiger partial charge in [-0.1, -0.05) is 6.07 Å². The van der Waals surface area contributed by atoms with Crippen LogP contribution in [0.25, 0.3) is 0 Å². The number of benzene rings is 1. The van der Waals surface area contributed by atoms with E-state index in [-0.39, 0.29) is 11.5 Å². The van der Waals surface area contributed by atoms with Crippen LogP contribution in [-0.2, 0) is 16.4 Å². The Labute approximate surface area is 165 Å². The van der Waals surface area contributed by atoms with Crippen molar-refractivity contribution in [2.24, 2.45) is 0 Å². The van der Waals surface area contributed by atoms with Gasteiger partial charge in [-0.2, -0.15) is 13.2 Å². The molecule has 1 fully saturated rings. The van der Waals surface area contributed by atoms with Gasteiger partial charge in [-0.25, -0.2) is 4.98 Å². The van der Waals surface area contributed by atoms with Crippen LogP contribution >= 0.6 is 0 Å². The van der Waals surface area contributed by atoms with Crippen molar-refractivity contribution in [1.82, 2.24) is 4.98 Å². The molecule has 2 aliphatic heterocycles. The molecule has 1 aromatic carbocycles. The third kappa shape index (κ3) is 3.58. The molecule has 1 saturated heterocycles. The molecule has 4 rings (SSSR count). The van der Waals surface area contributed by atoms with Crippen molar-refractivity contribution in [3.63, 3.8) is 0 Å². The van der Waals surface area contributed by atoms with Gasteiger partial charge in [0.15, 0.2) is 5.69 Å². The maximum atomic E-state index is 13.5. The molecule has 10 heteroatoms. The van der Waals surface area contributed by atoms with Crippen LogP contribution in [0.15, 0.2) is 30.3 Å². The Balaban J connectivity index is 1.63. The number of amides is 1. The van der Waals surface area contributed by atoms with E-state index in [9.17, 15) is 23.0 Å². The minimum Gasteiger partial charge on any atom is -0.423 e. The number of rotatable bonds is 3. The highest BCUT2D eigenvalue weighted by Crippen LogP contribution is 2.34. The van der Waals surface area contributed by atoms with E-state index in [2.05, 4.69) is 10.3 Å². The number of carbonyl (C=O) groups excluding carboxylic acids is 1. The molecule has 29 heavy (non-hydrogen) atoms. The molecule has 152 valence electrons. The number of hydrogen-bond acceptors (Lipinski definition) is 5. The first-order valence-corrected chi connectivity index (χ1v) is 9.21. The Morgan fingerprint density at radius 2 is 2.00 bits per heavy atom. The summed E-state index contributed by atoms with van der Waals surface area (Å²) in [5.41, 5.74) is -0.995. The summed E-state index contributed by atoms with van der Waals surface area (Å²) in [5.74, 6) is -0.715. The maximum Gasteiger partial charge on any atom is 0.492 e. The van der Waals surface area contributed by atoms with Gasteiger partial charge in [0.2, 0.25) is 0 Å². The van der Waals surface area contributed by atoms with E-state index in [1.54, 1.807) is 30.9 Å². The number of anilines is 2. The summed E-state index contributed by atoms with van der Waals surface area (Å²) in [6.07, 6.45) is -3.87. The summed E-state index contributed by atoms with van der Waals surface area (Å²) in [6.45, 7) is 4.87. The van der Waals surface area contributed by atoms with Gasteiger partial charge in [0.1, 0.15) is 5.82 Å². The quantitative estimate of drug-likeness (QED) is 0.768. The average molecular weight is 405 g/mol. The topological polar surface area (TPSA) is 74.7 Å². The van der Waals surface area contributed by atoms with Crippen LogP contribution in [0.1, 0.15) is 41.9 Å². The van der Waals surface area contributed by atoms with Crippen molar-refractivity contribution in [2.75, 3.05) is 23.3 Å². The fraction of sp³-hybridized carbons (Fsp3) is 0.368. The number of pyridine rings is 1. The summed E-state index contributed by atoms with van der Waals surface area (Å²) in [4.78, 5) is 18.0. The summed E-state index contributed by atoms with van der Waals surface area (Å²) in [5, 5.41) is 12.5. The number of alkyl halides is 3. The molecule has 1 amide bonds. The molecule has 3 heterocycles. The lowest BCUT2D eigenvalue weighted by molar-refractivity contribution is -0.141. The van der Waals surface area contributed by atoms with Crippen LogP contribution in [0, 0.1) is 0 Å². The Bertz CT molecular complexity index is 977. The Morgan fingerprint density at radius 3 is 2.62 bits per heavy atom. The smallest absolute Gasteiger partial charge is 0.423 e. The van der Waals surface area contributed by atoms with Crippen molar-refractivity contribution < 1.29 is 27.6 Å². The molecule has 0 radical (unpaired) electrons. The van der Waals surface area contributed by atoms with E-state index in [4.69, 9.17) is 4.65 Å². The number of carbonyl (C=O) groups is 1. The first-order valence-electron chi connectivity index (χ1n) is 9.21. The molecule has 2 aliphatic rings. The molecule has 0 atom stereocenters. The van der Waals surface area contributed by atoms with Crippen LogP contribution in [0.2, 0.25) is 0 Å². The molecule has 6 nitrogen and oxygen atoms in total. The van der Waals surface area contributed by atoms with Gasteiger partial charge < -0.3 is 19.9 Å². The number of nitrogens with zero attached hydrogens (tertiary/aromatic N) is 2. The van der Waals surface area contributed by atoms with Crippen molar-refractivity contribution >= 4 is 30.0 Å². The largest absolute Gasteiger partial charge is 0.492 e. The zero-order chi connectivity index (χ0) is 21.0. The van der Waals surface area contributed by atoms with Gasteiger partial charge in [-0.3, -0.25) is 4.79 Å². The van der Waals surface area contributed by atoms with Crippen LogP contribution in [0.4, 0.5) is 24.7 Å². The number of fused-ring (bicyclic) bond motifs is 1. The molecule has 0 spiro atoms. The molecule has 1 aromatic heterocycles. The molecule has 2 aromatic rings. The molecule has 0 unspecified atom stereocenters. The zero-order valence-corrected chi connectivity index (χ0v) is 15.9. The minimum absolute atomic E-state index is 0.208. The van der Waals surface area contributed by atoms with Crippen LogP contribution in [0.3, 0.4) is 0 Å². The second kappa shape index (κ2) is 6.74. The Morgan fingerprint density at radius 1 is 1.28 bits per heavy atom. The van der Waals surface area contributed by atoms with Crippen molar-refractivity contribution in [1.29, 1.82) is 0 Å². The highest BCUT2D eigenvalue weighted by molar-refractivity contribution is 6.62. The first-order chi connectivity index (χ1) is 13.6. The van der Waals surface area contributed by atoms with Gasteiger partial charge in [-0.05, 0) is 55.6 Å². The molecular formula is C19H19BF3N3O3. The van der Waals surface area contributed by atoms with Crippen LogP contribution < -0.4 is 15.7 Å². The monoisotopic (exact) mass is 405 g/mol. The normalized spacial score (nSPS) is 17.7. The van der Waals surface area contributed by atoms with E-state index in [0.717, 1.165) is 18.1 Å². The summed E-state index contributed by atoms with van der Waals surface area (Å²) >= 11 is 0. The molecule has 2 N–H and O–H groups in total. The summed E-state index contributed by atoms with van der Waals surface area (Å²) in [7, 11) is -1.17. The lowest BCUT2D eigenvalue weighted by Crippen LogP contribution is -2.38. The number of halogens is 3.